The van der Waals surface area contributed by atoms with Gasteiger partial charge in [0.1, 0.15) is 11.5 Å². The zero-order valence-electron chi connectivity index (χ0n) is 12.8. The van der Waals surface area contributed by atoms with E-state index >= 15 is 0 Å². The van der Waals surface area contributed by atoms with Crippen molar-refractivity contribution in [1.29, 1.82) is 0 Å². The summed E-state index contributed by atoms with van der Waals surface area (Å²) in [6, 6.07) is 7.81. The molecule has 7 nitrogen and oxygen atoms in total. The predicted octanol–water partition coefficient (Wildman–Crippen LogP) is -0.318. The monoisotopic (exact) mass is 332 g/mol. The molecule has 3 N–H and O–H groups in total. The molecule has 0 aliphatic carbocycles. The smallest absolute Gasteiger partial charge is 0.271 e. The van der Waals surface area contributed by atoms with Gasteiger partial charge in [0.2, 0.25) is 0 Å². The van der Waals surface area contributed by atoms with Crippen LogP contribution in [0.25, 0.3) is 5.69 Å². The maximum Gasteiger partial charge on any atom is 0.271 e. The summed E-state index contributed by atoms with van der Waals surface area (Å²) >= 11 is 0. The summed E-state index contributed by atoms with van der Waals surface area (Å²) in [5.74, 6) is -0.925. The highest BCUT2D eigenvalue weighted by molar-refractivity contribution is 5.92. The number of halogens is 1. The molecule has 1 aliphatic heterocycles. The predicted molar refractivity (Wildman–Crippen MR) is 84.5 cm³/mol. The summed E-state index contributed by atoms with van der Waals surface area (Å²) in [7, 11) is 0. The standard InChI is InChI=1S/C16H17FN4O3/c17-11-1-3-12(4-2-11)21-15(23)6-5-13(20-21)16(24)19-8-10-7-18-9-14(10)22/h1-6,10,14,18,22H,7-9H2,(H,19,24). The fourth-order valence-corrected chi connectivity index (χ4v) is 2.54. The van der Waals surface area contributed by atoms with E-state index in [0.717, 1.165) is 4.68 Å². The number of hydrogen-bond donors (Lipinski definition) is 3. The third-order valence-corrected chi connectivity index (χ3v) is 3.93. The van der Waals surface area contributed by atoms with Gasteiger partial charge < -0.3 is 15.7 Å². The van der Waals surface area contributed by atoms with E-state index in [1.165, 1.54) is 36.4 Å². The summed E-state index contributed by atoms with van der Waals surface area (Å²) in [5.41, 5.74) is 0.0133. The number of amides is 1. The first-order valence-electron chi connectivity index (χ1n) is 7.58. The van der Waals surface area contributed by atoms with E-state index in [1.807, 2.05) is 0 Å². The Hall–Kier alpha value is -2.58. The van der Waals surface area contributed by atoms with Crippen molar-refractivity contribution < 1.29 is 14.3 Å². The molecule has 0 bridgehead atoms. The van der Waals surface area contributed by atoms with Crippen LogP contribution in [0.15, 0.2) is 41.2 Å². The highest BCUT2D eigenvalue weighted by Gasteiger charge is 2.25. The lowest BCUT2D eigenvalue weighted by atomic mass is 10.1. The normalized spacial score (nSPS) is 20.1. The number of hydrogen-bond acceptors (Lipinski definition) is 5. The molecule has 126 valence electrons. The SMILES string of the molecule is O=C(NCC1CNCC1O)c1ccc(=O)n(-c2ccc(F)cc2)n1. The van der Waals surface area contributed by atoms with Gasteiger partial charge in [0.25, 0.3) is 11.5 Å². The average molecular weight is 332 g/mol. The van der Waals surface area contributed by atoms with Gasteiger partial charge in [0, 0.05) is 31.6 Å². The molecule has 1 fully saturated rings. The Labute approximate surface area is 137 Å². The van der Waals surface area contributed by atoms with E-state index < -0.39 is 23.4 Å². The number of carbonyl (C=O) groups is 1. The molecular formula is C16H17FN4O3. The molecule has 2 unspecified atom stereocenters. The van der Waals surface area contributed by atoms with Crippen molar-refractivity contribution in [3.05, 3.63) is 58.3 Å². The number of aromatic nitrogens is 2. The Bertz CT molecular complexity index is 791. The Morgan fingerprint density at radius 3 is 2.71 bits per heavy atom. The van der Waals surface area contributed by atoms with Crippen LogP contribution in [0.4, 0.5) is 4.39 Å². The van der Waals surface area contributed by atoms with Crippen LogP contribution in [0.1, 0.15) is 10.5 Å². The lowest BCUT2D eigenvalue weighted by molar-refractivity contribution is 0.0920. The molecule has 0 radical (unpaired) electrons. The average Bonchev–Trinajstić information content (AvgIpc) is 2.99. The minimum Gasteiger partial charge on any atom is -0.391 e. The van der Waals surface area contributed by atoms with Gasteiger partial charge in [0.15, 0.2) is 0 Å². The van der Waals surface area contributed by atoms with E-state index in [0.29, 0.717) is 25.3 Å². The maximum atomic E-state index is 13.0. The van der Waals surface area contributed by atoms with Crippen LogP contribution in [0.2, 0.25) is 0 Å². The number of aliphatic hydroxyl groups is 1. The molecule has 2 aromatic rings. The van der Waals surface area contributed by atoms with Crippen molar-refractivity contribution in [2.75, 3.05) is 19.6 Å². The van der Waals surface area contributed by atoms with Crippen LogP contribution in [-0.2, 0) is 0 Å². The second kappa shape index (κ2) is 6.90. The van der Waals surface area contributed by atoms with Crippen LogP contribution >= 0.6 is 0 Å². The Kier molecular flexibility index (Phi) is 4.68. The second-order valence-electron chi connectivity index (χ2n) is 5.64. The summed E-state index contributed by atoms with van der Waals surface area (Å²) in [6.07, 6.45) is -0.494. The van der Waals surface area contributed by atoms with Crippen LogP contribution in [0.3, 0.4) is 0 Å². The number of aliphatic hydroxyl groups excluding tert-OH is 1. The van der Waals surface area contributed by atoms with Gasteiger partial charge in [-0.05, 0) is 30.3 Å². The van der Waals surface area contributed by atoms with Crippen molar-refractivity contribution in [1.82, 2.24) is 20.4 Å². The van der Waals surface area contributed by atoms with E-state index in [4.69, 9.17) is 0 Å². The molecule has 24 heavy (non-hydrogen) atoms. The molecule has 1 aromatic carbocycles. The van der Waals surface area contributed by atoms with E-state index in [-0.39, 0.29) is 11.6 Å². The lowest BCUT2D eigenvalue weighted by Gasteiger charge is -2.14. The van der Waals surface area contributed by atoms with E-state index in [2.05, 4.69) is 15.7 Å². The van der Waals surface area contributed by atoms with Gasteiger partial charge in [-0.1, -0.05) is 0 Å². The number of nitrogens with one attached hydrogen (secondary N) is 2. The molecule has 2 atom stereocenters. The zero-order chi connectivity index (χ0) is 17.1. The minimum atomic E-state index is -0.494. The van der Waals surface area contributed by atoms with Crippen molar-refractivity contribution in [2.24, 2.45) is 5.92 Å². The topological polar surface area (TPSA) is 96.3 Å². The third kappa shape index (κ3) is 3.50. The third-order valence-electron chi connectivity index (χ3n) is 3.93. The summed E-state index contributed by atoms with van der Waals surface area (Å²) in [5, 5.41) is 19.5. The van der Waals surface area contributed by atoms with E-state index in [1.54, 1.807) is 0 Å². The van der Waals surface area contributed by atoms with Gasteiger partial charge in [-0.2, -0.15) is 9.78 Å². The van der Waals surface area contributed by atoms with Crippen LogP contribution < -0.4 is 16.2 Å². The van der Waals surface area contributed by atoms with Gasteiger partial charge in [-0.15, -0.1) is 0 Å². The molecule has 1 amide bonds. The maximum absolute atomic E-state index is 13.0. The molecule has 0 saturated carbocycles. The highest BCUT2D eigenvalue weighted by atomic mass is 19.1. The number of rotatable bonds is 4. The summed E-state index contributed by atoms with van der Waals surface area (Å²) < 4.78 is 14.0. The van der Waals surface area contributed by atoms with Gasteiger partial charge in [-0.25, -0.2) is 4.39 Å². The van der Waals surface area contributed by atoms with Gasteiger partial charge >= 0.3 is 0 Å². The van der Waals surface area contributed by atoms with Crippen LogP contribution in [0.5, 0.6) is 0 Å². The lowest BCUT2D eigenvalue weighted by Crippen LogP contribution is -2.35. The first kappa shape index (κ1) is 16.3. The Balaban J connectivity index is 1.76. The first-order chi connectivity index (χ1) is 11.5. The molecule has 2 heterocycles. The van der Waals surface area contributed by atoms with E-state index in [9.17, 15) is 19.1 Å². The second-order valence-corrected chi connectivity index (χ2v) is 5.64. The quantitative estimate of drug-likeness (QED) is 0.713. The molecule has 1 saturated heterocycles. The fraction of sp³-hybridized carbons (Fsp3) is 0.312. The molecule has 8 heteroatoms. The largest absolute Gasteiger partial charge is 0.391 e. The minimum absolute atomic E-state index is 0.0584. The number of nitrogens with zero attached hydrogens (tertiary/aromatic N) is 2. The van der Waals surface area contributed by atoms with Crippen molar-refractivity contribution in [3.8, 4) is 5.69 Å². The van der Waals surface area contributed by atoms with Crippen LogP contribution in [0, 0.1) is 11.7 Å². The fourth-order valence-electron chi connectivity index (χ4n) is 2.54. The Morgan fingerprint density at radius 1 is 1.29 bits per heavy atom. The number of β-amino-alcohol motifs (C(OH)–C–C–N with tert-alkyl or cyclic N) is 1. The molecule has 0 spiro atoms. The summed E-state index contributed by atoms with van der Waals surface area (Å²) in [4.78, 5) is 24.1. The molecule has 3 rings (SSSR count). The summed E-state index contributed by atoms with van der Waals surface area (Å²) in [6.45, 7) is 1.45. The molecule has 1 aromatic heterocycles. The molecular weight excluding hydrogens is 315 g/mol. The van der Waals surface area contributed by atoms with Gasteiger partial charge in [-0.3, -0.25) is 9.59 Å². The molecule has 1 aliphatic rings. The number of benzene rings is 1. The van der Waals surface area contributed by atoms with Gasteiger partial charge in [0.05, 0.1) is 11.8 Å². The first-order valence-corrected chi connectivity index (χ1v) is 7.58. The van der Waals surface area contributed by atoms with Crippen molar-refractivity contribution in [2.45, 2.75) is 6.10 Å². The van der Waals surface area contributed by atoms with Crippen LogP contribution in [-0.4, -0.2) is 46.5 Å². The zero-order valence-corrected chi connectivity index (χ0v) is 12.8. The van der Waals surface area contributed by atoms with Crippen molar-refractivity contribution in [3.63, 3.8) is 0 Å². The van der Waals surface area contributed by atoms with Crippen molar-refractivity contribution >= 4 is 5.91 Å². The number of carbonyl (C=O) groups excluding carboxylic acids is 1. The Morgan fingerprint density at radius 2 is 2.04 bits per heavy atom. The highest BCUT2D eigenvalue weighted by Crippen LogP contribution is 2.08.